The minimum atomic E-state index is -0.0971. The maximum absolute atomic E-state index is 11.5. The first-order valence-corrected chi connectivity index (χ1v) is 6.00. The van der Waals surface area contributed by atoms with Gasteiger partial charge >= 0.3 is 0 Å². The Labute approximate surface area is 98.2 Å². The van der Waals surface area contributed by atoms with Crippen LogP contribution in [0.3, 0.4) is 0 Å². The summed E-state index contributed by atoms with van der Waals surface area (Å²) in [6, 6.07) is -0.0971. The van der Waals surface area contributed by atoms with Crippen LogP contribution in [0.2, 0.25) is 0 Å². The summed E-state index contributed by atoms with van der Waals surface area (Å²) < 4.78 is 3.90. The van der Waals surface area contributed by atoms with Crippen molar-refractivity contribution < 1.29 is 4.79 Å². The van der Waals surface area contributed by atoms with E-state index in [1.165, 1.54) is 11.5 Å². The summed E-state index contributed by atoms with van der Waals surface area (Å²) in [5, 5.41) is 10.9. The molecular formula is C9H15N5OS. The summed E-state index contributed by atoms with van der Waals surface area (Å²) in [4.78, 5) is 13.6. The van der Waals surface area contributed by atoms with Crippen molar-refractivity contribution in [3.05, 3.63) is 5.69 Å². The van der Waals surface area contributed by atoms with Gasteiger partial charge in [-0.25, -0.2) is 0 Å². The molecule has 0 aromatic carbocycles. The third kappa shape index (κ3) is 2.14. The second kappa shape index (κ2) is 4.75. The monoisotopic (exact) mass is 241 g/mol. The first-order chi connectivity index (χ1) is 7.72. The molecule has 1 aliphatic rings. The Morgan fingerprint density at radius 2 is 2.50 bits per heavy atom. The molecule has 0 spiro atoms. The van der Waals surface area contributed by atoms with Crippen LogP contribution in [-0.4, -0.2) is 46.6 Å². The maximum atomic E-state index is 11.5. The molecule has 88 valence electrons. The Hall–Kier alpha value is -1.21. The highest BCUT2D eigenvalue weighted by atomic mass is 32.1. The first kappa shape index (κ1) is 11.3. The number of carbonyl (C=O) groups excluding carboxylic acids is 1. The molecule has 0 radical (unpaired) electrons. The average molecular weight is 241 g/mol. The van der Waals surface area contributed by atoms with Gasteiger partial charge in [0.25, 0.3) is 0 Å². The molecule has 2 rings (SSSR count). The number of carbonyl (C=O) groups is 1. The van der Waals surface area contributed by atoms with Crippen molar-refractivity contribution in [2.45, 2.75) is 19.5 Å². The second-order valence-electron chi connectivity index (χ2n) is 3.74. The summed E-state index contributed by atoms with van der Waals surface area (Å²) >= 11 is 1.34. The van der Waals surface area contributed by atoms with Crippen LogP contribution in [0.4, 0.5) is 5.00 Å². The van der Waals surface area contributed by atoms with Crippen LogP contribution in [0, 0.1) is 0 Å². The van der Waals surface area contributed by atoms with Gasteiger partial charge in [0.15, 0.2) is 0 Å². The third-order valence-electron chi connectivity index (χ3n) is 2.76. The van der Waals surface area contributed by atoms with E-state index in [9.17, 15) is 4.79 Å². The van der Waals surface area contributed by atoms with Crippen molar-refractivity contribution in [1.29, 1.82) is 0 Å². The fourth-order valence-corrected chi connectivity index (χ4v) is 2.26. The summed E-state index contributed by atoms with van der Waals surface area (Å²) in [6.07, 6.45) is 0. The largest absolute Gasteiger partial charge is 0.377 e. The molecule has 1 amide bonds. The lowest BCUT2D eigenvalue weighted by molar-refractivity contribution is -0.128. The minimum Gasteiger partial charge on any atom is -0.377 e. The maximum Gasteiger partial charge on any atom is 0.237 e. The fourth-order valence-electron chi connectivity index (χ4n) is 1.74. The number of aromatic nitrogens is 2. The molecule has 2 N–H and O–H groups in total. The van der Waals surface area contributed by atoms with E-state index in [-0.39, 0.29) is 11.9 Å². The normalized spacial score (nSPS) is 21.9. The quantitative estimate of drug-likeness (QED) is 0.773. The van der Waals surface area contributed by atoms with Crippen molar-refractivity contribution in [3.8, 4) is 0 Å². The first-order valence-electron chi connectivity index (χ1n) is 5.23. The van der Waals surface area contributed by atoms with Crippen LogP contribution in [0.15, 0.2) is 0 Å². The van der Waals surface area contributed by atoms with E-state index in [1.807, 2.05) is 14.0 Å². The Balaban J connectivity index is 2.06. The predicted molar refractivity (Wildman–Crippen MR) is 62.3 cm³/mol. The number of nitrogens with one attached hydrogen (secondary N) is 2. The minimum absolute atomic E-state index is 0.0837. The predicted octanol–water partition coefficient (Wildman–Crippen LogP) is -0.0999. The molecule has 1 saturated heterocycles. The molecule has 1 aromatic rings. The van der Waals surface area contributed by atoms with Crippen LogP contribution in [-0.2, 0) is 11.3 Å². The molecule has 1 aromatic heterocycles. The number of nitrogens with zero attached hydrogens (tertiary/aromatic N) is 3. The van der Waals surface area contributed by atoms with E-state index in [0.29, 0.717) is 13.1 Å². The molecule has 2 heterocycles. The third-order valence-corrected chi connectivity index (χ3v) is 3.55. The van der Waals surface area contributed by atoms with E-state index in [2.05, 4.69) is 25.1 Å². The topological polar surface area (TPSA) is 70.2 Å². The molecule has 0 aliphatic carbocycles. The van der Waals surface area contributed by atoms with Gasteiger partial charge in [0.05, 0.1) is 6.04 Å². The van der Waals surface area contributed by atoms with Gasteiger partial charge in [-0.1, -0.05) is 4.49 Å². The number of hydrogen-bond acceptors (Lipinski definition) is 6. The molecule has 1 fully saturated rings. The SMILES string of the molecule is CNc1snnc1CN1CCNC(=O)C1C. The van der Waals surface area contributed by atoms with Crippen molar-refractivity contribution in [2.75, 3.05) is 25.5 Å². The smallest absolute Gasteiger partial charge is 0.237 e. The zero-order chi connectivity index (χ0) is 11.5. The molecule has 0 saturated carbocycles. The lowest BCUT2D eigenvalue weighted by Crippen LogP contribution is -2.53. The average Bonchev–Trinajstić information content (AvgIpc) is 2.72. The van der Waals surface area contributed by atoms with E-state index in [4.69, 9.17) is 0 Å². The number of amides is 1. The summed E-state index contributed by atoms with van der Waals surface area (Å²) in [7, 11) is 1.85. The molecule has 0 bridgehead atoms. The summed E-state index contributed by atoms with van der Waals surface area (Å²) in [6.45, 7) is 4.14. The molecule has 1 atom stereocenters. The Kier molecular flexibility index (Phi) is 3.35. The Bertz CT molecular complexity index is 380. The van der Waals surface area contributed by atoms with Gasteiger partial charge < -0.3 is 10.6 Å². The summed E-state index contributed by atoms with van der Waals surface area (Å²) in [5.41, 5.74) is 0.911. The van der Waals surface area contributed by atoms with E-state index in [1.54, 1.807) is 0 Å². The van der Waals surface area contributed by atoms with Gasteiger partial charge in [-0.05, 0) is 6.92 Å². The van der Waals surface area contributed by atoms with E-state index in [0.717, 1.165) is 17.2 Å². The van der Waals surface area contributed by atoms with Crippen molar-refractivity contribution >= 4 is 22.4 Å². The fraction of sp³-hybridized carbons (Fsp3) is 0.667. The highest BCUT2D eigenvalue weighted by Crippen LogP contribution is 2.19. The zero-order valence-electron chi connectivity index (χ0n) is 9.36. The van der Waals surface area contributed by atoms with Crippen LogP contribution < -0.4 is 10.6 Å². The lowest BCUT2D eigenvalue weighted by Gasteiger charge is -2.32. The van der Waals surface area contributed by atoms with Gasteiger partial charge in [-0.3, -0.25) is 9.69 Å². The summed E-state index contributed by atoms with van der Waals surface area (Å²) in [5.74, 6) is 0.0837. The van der Waals surface area contributed by atoms with Gasteiger partial charge in [-0.15, -0.1) is 5.10 Å². The highest BCUT2D eigenvalue weighted by molar-refractivity contribution is 7.10. The molecule has 16 heavy (non-hydrogen) atoms. The Morgan fingerprint density at radius 3 is 3.25 bits per heavy atom. The van der Waals surface area contributed by atoms with Crippen LogP contribution in [0.25, 0.3) is 0 Å². The van der Waals surface area contributed by atoms with Gasteiger partial charge in [-0.2, -0.15) is 0 Å². The van der Waals surface area contributed by atoms with Gasteiger partial charge in [0.2, 0.25) is 5.91 Å². The molecule has 1 unspecified atom stereocenters. The van der Waals surface area contributed by atoms with Crippen LogP contribution in [0.1, 0.15) is 12.6 Å². The van der Waals surface area contributed by atoms with Crippen molar-refractivity contribution in [1.82, 2.24) is 19.8 Å². The number of anilines is 1. The number of hydrogen-bond donors (Lipinski definition) is 2. The van der Waals surface area contributed by atoms with Crippen LogP contribution >= 0.6 is 11.5 Å². The molecule has 7 heteroatoms. The zero-order valence-corrected chi connectivity index (χ0v) is 10.2. The van der Waals surface area contributed by atoms with E-state index < -0.39 is 0 Å². The molecular weight excluding hydrogens is 226 g/mol. The van der Waals surface area contributed by atoms with Crippen LogP contribution in [0.5, 0.6) is 0 Å². The lowest BCUT2D eigenvalue weighted by atomic mass is 10.2. The molecule has 6 nitrogen and oxygen atoms in total. The second-order valence-corrected chi connectivity index (χ2v) is 4.49. The van der Waals surface area contributed by atoms with Gasteiger partial charge in [0, 0.05) is 38.2 Å². The van der Waals surface area contributed by atoms with Crippen molar-refractivity contribution in [2.24, 2.45) is 0 Å². The standard InChI is InChI=1S/C9H15N5OS/c1-6-8(15)11-3-4-14(6)5-7-9(10-2)16-13-12-7/h6,10H,3-5H2,1-2H3,(H,11,15). The Morgan fingerprint density at radius 1 is 1.69 bits per heavy atom. The number of piperazine rings is 1. The highest BCUT2D eigenvalue weighted by Gasteiger charge is 2.26. The molecule has 1 aliphatic heterocycles. The van der Waals surface area contributed by atoms with Gasteiger partial charge in [0.1, 0.15) is 10.7 Å². The van der Waals surface area contributed by atoms with Crippen molar-refractivity contribution in [3.63, 3.8) is 0 Å². The number of rotatable bonds is 3. The van der Waals surface area contributed by atoms with E-state index >= 15 is 0 Å².